The Hall–Kier alpha value is -1.59. The lowest BCUT2D eigenvalue weighted by Gasteiger charge is -2.26. The predicted octanol–water partition coefficient (Wildman–Crippen LogP) is 1.15. The predicted molar refractivity (Wildman–Crippen MR) is 70.1 cm³/mol. The standard InChI is InChI=1S/C14H19NO4/c1-14(13(17)18,15-11-5-6-11)9-19-12-4-2-3-10(7-12)8-16/h2-4,7,11,15-16H,5-6,8-9H2,1H3,(H,17,18). The third-order valence-electron chi connectivity index (χ3n) is 3.18. The maximum Gasteiger partial charge on any atom is 0.327 e. The largest absolute Gasteiger partial charge is 0.491 e. The third-order valence-corrected chi connectivity index (χ3v) is 3.18. The first-order valence-corrected chi connectivity index (χ1v) is 6.37. The fourth-order valence-corrected chi connectivity index (χ4v) is 1.80. The number of carboxylic acid groups (broad SMARTS) is 1. The summed E-state index contributed by atoms with van der Waals surface area (Å²) in [4.78, 5) is 11.3. The number of rotatable bonds is 7. The molecule has 0 radical (unpaired) electrons. The van der Waals surface area contributed by atoms with Gasteiger partial charge in [0.05, 0.1) is 6.61 Å². The van der Waals surface area contributed by atoms with Crippen molar-refractivity contribution in [2.45, 2.75) is 38.0 Å². The summed E-state index contributed by atoms with van der Waals surface area (Å²) in [7, 11) is 0. The smallest absolute Gasteiger partial charge is 0.327 e. The van der Waals surface area contributed by atoms with Crippen LogP contribution in [0.2, 0.25) is 0 Å². The molecule has 19 heavy (non-hydrogen) atoms. The van der Waals surface area contributed by atoms with E-state index < -0.39 is 11.5 Å². The van der Waals surface area contributed by atoms with Crippen LogP contribution in [0.5, 0.6) is 5.75 Å². The summed E-state index contributed by atoms with van der Waals surface area (Å²) in [6.07, 6.45) is 2.03. The van der Waals surface area contributed by atoms with Gasteiger partial charge in [0.15, 0.2) is 0 Å². The Morgan fingerprint density at radius 1 is 1.53 bits per heavy atom. The second kappa shape index (κ2) is 5.59. The van der Waals surface area contributed by atoms with Crippen molar-refractivity contribution in [1.29, 1.82) is 0 Å². The number of aliphatic hydroxyl groups is 1. The molecule has 0 bridgehead atoms. The topological polar surface area (TPSA) is 78.8 Å². The molecule has 3 N–H and O–H groups in total. The van der Waals surface area contributed by atoms with Crippen LogP contribution in [0.3, 0.4) is 0 Å². The van der Waals surface area contributed by atoms with Gasteiger partial charge >= 0.3 is 5.97 Å². The molecule has 5 nitrogen and oxygen atoms in total. The van der Waals surface area contributed by atoms with E-state index in [2.05, 4.69) is 5.32 Å². The zero-order valence-electron chi connectivity index (χ0n) is 10.9. The average molecular weight is 265 g/mol. The van der Waals surface area contributed by atoms with Gasteiger partial charge in [-0.15, -0.1) is 0 Å². The number of nitrogens with one attached hydrogen (secondary N) is 1. The highest BCUT2D eigenvalue weighted by Gasteiger charge is 2.39. The Morgan fingerprint density at radius 2 is 2.26 bits per heavy atom. The number of benzene rings is 1. The molecule has 1 atom stereocenters. The minimum atomic E-state index is -1.09. The van der Waals surface area contributed by atoms with Crippen molar-refractivity contribution < 1.29 is 19.7 Å². The van der Waals surface area contributed by atoms with E-state index in [1.165, 1.54) is 0 Å². The van der Waals surface area contributed by atoms with Crippen LogP contribution in [0.15, 0.2) is 24.3 Å². The molecule has 1 unspecified atom stereocenters. The number of aliphatic carboxylic acids is 1. The van der Waals surface area contributed by atoms with Crippen molar-refractivity contribution in [1.82, 2.24) is 5.32 Å². The number of aliphatic hydroxyl groups excluding tert-OH is 1. The number of ether oxygens (including phenoxy) is 1. The molecule has 1 fully saturated rings. The molecule has 0 saturated heterocycles. The van der Waals surface area contributed by atoms with E-state index in [0.29, 0.717) is 5.75 Å². The number of carbonyl (C=O) groups is 1. The normalized spacial score (nSPS) is 17.8. The van der Waals surface area contributed by atoms with Crippen LogP contribution in [0.25, 0.3) is 0 Å². The summed E-state index contributed by atoms with van der Waals surface area (Å²) in [6.45, 7) is 1.62. The van der Waals surface area contributed by atoms with Gasteiger partial charge in [-0.25, -0.2) is 0 Å². The second-order valence-electron chi connectivity index (χ2n) is 5.15. The molecule has 0 spiro atoms. The lowest BCUT2D eigenvalue weighted by atomic mass is 10.0. The van der Waals surface area contributed by atoms with Crippen LogP contribution in [-0.4, -0.2) is 34.4 Å². The Kier molecular flexibility index (Phi) is 4.07. The van der Waals surface area contributed by atoms with Crippen molar-refractivity contribution >= 4 is 5.97 Å². The van der Waals surface area contributed by atoms with Gasteiger partial charge in [0.25, 0.3) is 0 Å². The molecule has 0 heterocycles. The second-order valence-corrected chi connectivity index (χ2v) is 5.15. The summed E-state index contributed by atoms with van der Waals surface area (Å²) in [5.41, 5.74) is -0.346. The Morgan fingerprint density at radius 3 is 2.84 bits per heavy atom. The van der Waals surface area contributed by atoms with E-state index in [4.69, 9.17) is 9.84 Å². The van der Waals surface area contributed by atoms with Crippen molar-refractivity contribution in [2.75, 3.05) is 6.61 Å². The molecule has 1 aliphatic rings. The SMILES string of the molecule is CC(COc1cccc(CO)c1)(NC1CC1)C(=O)O. The van der Waals surface area contributed by atoms with Crippen molar-refractivity contribution in [3.05, 3.63) is 29.8 Å². The summed E-state index contributed by atoms with van der Waals surface area (Å²) < 4.78 is 5.55. The van der Waals surface area contributed by atoms with Gasteiger partial charge in [-0.2, -0.15) is 0 Å². The van der Waals surface area contributed by atoms with E-state index in [-0.39, 0.29) is 19.3 Å². The van der Waals surface area contributed by atoms with Crippen LogP contribution in [0.4, 0.5) is 0 Å². The molecule has 104 valence electrons. The van der Waals surface area contributed by atoms with Crippen molar-refractivity contribution in [3.8, 4) is 5.75 Å². The third kappa shape index (κ3) is 3.68. The summed E-state index contributed by atoms with van der Waals surface area (Å²) in [6, 6.07) is 7.30. The van der Waals surface area contributed by atoms with E-state index in [0.717, 1.165) is 18.4 Å². The van der Waals surface area contributed by atoms with Crippen LogP contribution in [0, 0.1) is 0 Å². The van der Waals surface area contributed by atoms with Gasteiger partial charge in [-0.3, -0.25) is 10.1 Å². The number of carboxylic acids is 1. The molecule has 1 aromatic rings. The molecular weight excluding hydrogens is 246 g/mol. The monoisotopic (exact) mass is 265 g/mol. The fraction of sp³-hybridized carbons (Fsp3) is 0.500. The molecule has 5 heteroatoms. The summed E-state index contributed by atoms with van der Waals surface area (Å²) in [5, 5.41) is 21.4. The number of hydrogen-bond donors (Lipinski definition) is 3. The van der Waals surface area contributed by atoms with E-state index in [1.807, 2.05) is 0 Å². The van der Waals surface area contributed by atoms with Gasteiger partial charge in [0.2, 0.25) is 0 Å². The number of hydrogen-bond acceptors (Lipinski definition) is 4. The maximum atomic E-state index is 11.3. The fourth-order valence-electron chi connectivity index (χ4n) is 1.80. The molecule has 0 amide bonds. The maximum absolute atomic E-state index is 11.3. The van der Waals surface area contributed by atoms with Gasteiger partial charge in [-0.1, -0.05) is 12.1 Å². The molecule has 1 aromatic carbocycles. The average Bonchev–Trinajstić information content (AvgIpc) is 3.20. The highest BCUT2D eigenvalue weighted by molar-refractivity contribution is 5.78. The molecule has 0 aliphatic heterocycles. The first-order valence-electron chi connectivity index (χ1n) is 6.37. The minimum Gasteiger partial charge on any atom is -0.491 e. The van der Waals surface area contributed by atoms with Crippen molar-refractivity contribution in [2.24, 2.45) is 0 Å². The lowest BCUT2D eigenvalue weighted by Crippen LogP contribution is -2.54. The van der Waals surface area contributed by atoms with Crippen LogP contribution < -0.4 is 10.1 Å². The molecule has 1 aliphatic carbocycles. The van der Waals surface area contributed by atoms with Crippen LogP contribution >= 0.6 is 0 Å². The Labute approximate surface area is 112 Å². The quantitative estimate of drug-likeness (QED) is 0.689. The lowest BCUT2D eigenvalue weighted by molar-refractivity contribution is -0.145. The van der Waals surface area contributed by atoms with E-state index >= 15 is 0 Å². The minimum absolute atomic E-state index is 0.0493. The molecule has 0 aromatic heterocycles. The summed E-state index contributed by atoms with van der Waals surface area (Å²) >= 11 is 0. The Bertz CT molecular complexity index is 459. The zero-order chi connectivity index (χ0) is 13.9. The van der Waals surface area contributed by atoms with Gasteiger partial charge in [0.1, 0.15) is 17.9 Å². The zero-order valence-corrected chi connectivity index (χ0v) is 10.9. The van der Waals surface area contributed by atoms with E-state index in [1.54, 1.807) is 31.2 Å². The molecular formula is C14H19NO4. The van der Waals surface area contributed by atoms with Crippen LogP contribution in [-0.2, 0) is 11.4 Å². The summed E-state index contributed by atoms with van der Waals surface area (Å²) in [5.74, 6) is -0.352. The Balaban J connectivity index is 1.99. The highest BCUT2D eigenvalue weighted by Crippen LogP contribution is 2.23. The van der Waals surface area contributed by atoms with Crippen molar-refractivity contribution in [3.63, 3.8) is 0 Å². The highest BCUT2D eigenvalue weighted by atomic mass is 16.5. The first kappa shape index (κ1) is 13.8. The molecule has 2 rings (SSSR count). The van der Waals surface area contributed by atoms with E-state index in [9.17, 15) is 9.90 Å². The van der Waals surface area contributed by atoms with Gasteiger partial charge < -0.3 is 14.9 Å². The van der Waals surface area contributed by atoms with Gasteiger partial charge in [0, 0.05) is 6.04 Å². The molecule has 1 saturated carbocycles. The van der Waals surface area contributed by atoms with Crippen LogP contribution in [0.1, 0.15) is 25.3 Å². The first-order chi connectivity index (χ1) is 9.03. The van der Waals surface area contributed by atoms with Gasteiger partial charge in [-0.05, 0) is 37.5 Å².